The van der Waals surface area contributed by atoms with Crippen LogP contribution < -0.4 is 5.32 Å². The highest BCUT2D eigenvalue weighted by Gasteiger charge is 2.01. The van der Waals surface area contributed by atoms with Crippen LogP contribution in [0.4, 0.5) is 0 Å². The summed E-state index contributed by atoms with van der Waals surface area (Å²) in [4.78, 5) is 0. The van der Waals surface area contributed by atoms with Crippen molar-refractivity contribution in [3.63, 3.8) is 0 Å². The molecule has 0 rings (SSSR count). The molecule has 0 saturated heterocycles. The van der Waals surface area contributed by atoms with Crippen LogP contribution in [0.15, 0.2) is 0 Å². The lowest BCUT2D eigenvalue weighted by molar-refractivity contribution is 0.184. The number of rotatable bonds is 5. The first-order valence-corrected chi connectivity index (χ1v) is 3.91. The summed E-state index contributed by atoms with van der Waals surface area (Å²) >= 11 is 0. The van der Waals surface area contributed by atoms with Crippen LogP contribution in [0.3, 0.4) is 0 Å². The number of hydrogen-bond acceptors (Lipinski definition) is 2. The topological polar surface area (TPSA) is 21.3 Å². The third kappa shape index (κ3) is 5.90. The molecule has 11 heavy (non-hydrogen) atoms. The monoisotopic (exact) mass is 155 g/mol. The van der Waals surface area contributed by atoms with Crippen molar-refractivity contribution < 1.29 is 4.74 Å². The van der Waals surface area contributed by atoms with Crippen molar-refractivity contribution >= 4 is 0 Å². The molecule has 0 heterocycles. The summed E-state index contributed by atoms with van der Waals surface area (Å²) in [6.07, 6.45) is 1.94. The molecule has 1 atom stereocenters. The Labute approximate surface area is 69.3 Å². The van der Waals surface area contributed by atoms with Crippen molar-refractivity contribution in [2.45, 2.75) is 25.8 Å². The Hall–Kier alpha value is -0.520. The van der Waals surface area contributed by atoms with Gasteiger partial charge in [-0.3, -0.25) is 0 Å². The van der Waals surface area contributed by atoms with E-state index in [1.165, 1.54) is 0 Å². The molecule has 64 valence electrons. The van der Waals surface area contributed by atoms with Crippen molar-refractivity contribution in [3.8, 4) is 11.8 Å². The van der Waals surface area contributed by atoms with E-state index in [4.69, 9.17) is 4.74 Å². The largest absolute Gasteiger partial charge is 0.385 e. The van der Waals surface area contributed by atoms with Crippen LogP contribution in [0.2, 0.25) is 0 Å². The molecule has 0 aliphatic heterocycles. The lowest BCUT2D eigenvalue weighted by Crippen LogP contribution is -2.25. The fourth-order valence-corrected chi connectivity index (χ4v) is 0.834. The van der Waals surface area contributed by atoms with E-state index in [1.54, 1.807) is 7.11 Å². The van der Waals surface area contributed by atoms with Crippen LogP contribution in [-0.2, 0) is 4.74 Å². The van der Waals surface area contributed by atoms with E-state index in [1.807, 2.05) is 14.0 Å². The molecule has 1 N–H and O–H groups in total. The third-order valence-electron chi connectivity index (χ3n) is 1.60. The maximum Gasteiger partial charge on any atom is 0.0477 e. The van der Waals surface area contributed by atoms with Crippen LogP contribution in [-0.4, -0.2) is 26.8 Å². The summed E-state index contributed by atoms with van der Waals surface area (Å²) in [6.45, 7) is 2.67. The Morgan fingerprint density at radius 2 is 2.27 bits per heavy atom. The average molecular weight is 155 g/mol. The second-order valence-corrected chi connectivity index (χ2v) is 2.40. The van der Waals surface area contributed by atoms with Gasteiger partial charge in [-0.15, -0.1) is 11.8 Å². The Morgan fingerprint density at radius 3 is 2.73 bits per heavy atom. The van der Waals surface area contributed by atoms with Crippen molar-refractivity contribution in [2.75, 3.05) is 20.8 Å². The van der Waals surface area contributed by atoms with Crippen molar-refractivity contribution in [1.29, 1.82) is 0 Å². The summed E-state index contributed by atoms with van der Waals surface area (Å²) in [7, 11) is 3.68. The Bertz CT molecular complexity index is 134. The number of ether oxygens (including phenoxy) is 1. The molecular formula is C9H17NO. The predicted octanol–water partition coefficient (Wildman–Crippen LogP) is 1.02. The van der Waals surface area contributed by atoms with Gasteiger partial charge in [0, 0.05) is 26.2 Å². The van der Waals surface area contributed by atoms with E-state index in [2.05, 4.69) is 17.2 Å². The third-order valence-corrected chi connectivity index (χ3v) is 1.60. The Morgan fingerprint density at radius 1 is 1.55 bits per heavy atom. The standard InChI is InChI=1S/C9H17NO/c1-4-5-6-9(10-2)7-8-11-3/h9-10H,6-8H2,1-3H3. The van der Waals surface area contributed by atoms with Crippen LogP contribution in [0, 0.1) is 11.8 Å². The van der Waals surface area contributed by atoms with Gasteiger partial charge in [0.2, 0.25) is 0 Å². The quantitative estimate of drug-likeness (QED) is 0.599. The molecule has 2 heteroatoms. The van der Waals surface area contributed by atoms with Gasteiger partial charge in [0.15, 0.2) is 0 Å². The maximum absolute atomic E-state index is 4.97. The average Bonchev–Trinajstić information content (AvgIpc) is 2.05. The molecule has 0 aromatic heterocycles. The Balaban J connectivity index is 3.46. The first-order valence-electron chi connectivity index (χ1n) is 3.91. The van der Waals surface area contributed by atoms with Gasteiger partial charge in [0.05, 0.1) is 0 Å². The van der Waals surface area contributed by atoms with E-state index >= 15 is 0 Å². The highest BCUT2D eigenvalue weighted by atomic mass is 16.5. The lowest BCUT2D eigenvalue weighted by Gasteiger charge is -2.11. The van der Waals surface area contributed by atoms with E-state index in [-0.39, 0.29) is 0 Å². The van der Waals surface area contributed by atoms with Crippen LogP contribution in [0.1, 0.15) is 19.8 Å². The molecular weight excluding hydrogens is 138 g/mol. The van der Waals surface area contributed by atoms with E-state index in [0.29, 0.717) is 6.04 Å². The zero-order chi connectivity index (χ0) is 8.53. The van der Waals surface area contributed by atoms with Gasteiger partial charge < -0.3 is 10.1 Å². The molecule has 0 aliphatic carbocycles. The van der Waals surface area contributed by atoms with Crippen LogP contribution in [0.25, 0.3) is 0 Å². The first kappa shape index (κ1) is 10.5. The van der Waals surface area contributed by atoms with Crippen LogP contribution >= 0.6 is 0 Å². The molecule has 0 aromatic carbocycles. The van der Waals surface area contributed by atoms with Crippen molar-refractivity contribution in [1.82, 2.24) is 5.32 Å². The van der Waals surface area contributed by atoms with Gasteiger partial charge in [-0.1, -0.05) is 0 Å². The van der Waals surface area contributed by atoms with Crippen molar-refractivity contribution in [3.05, 3.63) is 0 Å². The van der Waals surface area contributed by atoms with Crippen LogP contribution in [0.5, 0.6) is 0 Å². The molecule has 1 unspecified atom stereocenters. The molecule has 0 saturated carbocycles. The summed E-state index contributed by atoms with van der Waals surface area (Å²) in [5, 5.41) is 3.19. The highest BCUT2D eigenvalue weighted by Crippen LogP contribution is 1.95. The molecule has 0 bridgehead atoms. The first-order chi connectivity index (χ1) is 5.35. The smallest absolute Gasteiger partial charge is 0.0477 e. The summed E-state index contributed by atoms with van der Waals surface area (Å²) in [5.74, 6) is 5.92. The maximum atomic E-state index is 4.97. The number of nitrogens with one attached hydrogen (secondary N) is 1. The van der Waals surface area contributed by atoms with Gasteiger partial charge in [-0.05, 0) is 20.4 Å². The SMILES string of the molecule is CC#CCC(CCOC)NC. The van der Waals surface area contributed by atoms with Crippen molar-refractivity contribution in [2.24, 2.45) is 0 Å². The fourth-order valence-electron chi connectivity index (χ4n) is 0.834. The molecule has 0 fully saturated rings. The predicted molar refractivity (Wildman–Crippen MR) is 47.4 cm³/mol. The summed E-state index contributed by atoms with van der Waals surface area (Å²) < 4.78 is 4.97. The molecule has 0 amide bonds. The van der Waals surface area contributed by atoms with Gasteiger partial charge >= 0.3 is 0 Å². The van der Waals surface area contributed by atoms with E-state index in [9.17, 15) is 0 Å². The summed E-state index contributed by atoms with van der Waals surface area (Å²) in [6, 6.07) is 0.474. The zero-order valence-corrected chi connectivity index (χ0v) is 7.61. The highest BCUT2D eigenvalue weighted by molar-refractivity contribution is 4.97. The lowest BCUT2D eigenvalue weighted by atomic mass is 10.1. The normalized spacial score (nSPS) is 11.9. The van der Waals surface area contributed by atoms with E-state index < -0.39 is 0 Å². The second kappa shape index (κ2) is 7.59. The van der Waals surface area contributed by atoms with Gasteiger partial charge in [0.25, 0.3) is 0 Å². The minimum Gasteiger partial charge on any atom is -0.385 e. The van der Waals surface area contributed by atoms with Gasteiger partial charge in [-0.2, -0.15) is 0 Å². The molecule has 0 spiro atoms. The minimum absolute atomic E-state index is 0.474. The number of hydrogen-bond donors (Lipinski definition) is 1. The van der Waals surface area contributed by atoms with E-state index in [0.717, 1.165) is 19.4 Å². The van der Waals surface area contributed by atoms with Gasteiger partial charge in [0.1, 0.15) is 0 Å². The zero-order valence-electron chi connectivity index (χ0n) is 7.61. The second-order valence-electron chi connectivity index (χ2n) is 2.40. The molecule has 0 radical (unpaired) electrons. The summed E-state index contributed by atoms with van der Waals surface area (Å²) in [5.41, 5.74) is 0. The Kier molecular flexibility index (Phi) is 7.23. The molecule has 0 aliphatic rings. The molecule has 0 aromatic rings. The molecule has 2 nitrogen and oxygen atoms in total. The fraction of sp³-hybridized carbons (Fsp3) is 0.778. The van der Waals surface area contributed by atoms with Gasteiger partial charge in [-0.25, -0.2) is 0 Å². The minimum atomic E-state index is 0.474. The number of methoxy groups -OCH3 is 1.